The van der Waals surface area contributed by atoms with E-state index in [1.807, 2.05) is 6.92 Å². The Morgan fingerprint density at radius 1 is 1.62 bits per heavy atom. The number of aliphatic imine (C=N–C) groups is 1. The minimum Gasteiger partial charge on any atom is -0.479 e. The molecule has 1 aliphatic heterocycles. The van der Waals surface area contributed by atoms with Crippen LogP contribution in [0.3, 0.4) is 0 Å². The Hall–Kier alpha value is -0.530. The summed E-state index contributed by atoms with van der Waals surface area (Å²) in [6, 6.07) is 0. The highest BCUT2D eigenvalue weighted by Gasteiger charge is 2.23. The van der Waals surface area contributed by atoms with Gasteiger partial charge in [0.15, 0.2) is 5.90 Å². The first-order valence-corrected chi connectivity index (χ1v) is 2.79. The third kappa shape index (κ3) is 0.997. The maximum Gasteiger partial charge on any atom is 0.180 e. The first-order chi connectivity index (χ1) is 3.60. The molecule has 0 aromatic carbocycles. The van der Waals surface area contributed by atoms with Gasteiger partial charge in [-0.25, -0.2) is 4.99 Å². The van der Waals surface area contributed by atoms with Crippen molar-refractivity contribution in [3.05, 3.63) is 0 Å². The predicted octanol–water partition coefficient (Wildman–Crippen LogP) is 1.21. The van der Waals surface area contributed by atoms with Gasteiger partial charge in [0.25, 0.3) is 0 Å². The van der Waals surface area contributed by atoms with E-state index in [-0.39, 0.29) is 5.54 Å². The summed E-state index contributed by atoms with van der Waals surface area (Å²) in [7, 11) is 0. The van der Waals surface area contributed by atoms with Crippen LogP contribution in [0.4, 0.5) is 0 Å². The third-order valence-corrected chi connectivity index (χ3v) is 1.09. The molecule has 0 N–H and O–H groups in total. The molecule has 8 heavy (non-hydrogen) atoms. The van der Waals surface area contributed by atoms with E-state index in [9.17, 15) is 0 Å². The normalized spacial score (nSPS) is 24.6. The van der Waals surface area contributed by atoms with Gasteiger partial charge >= 0.3 is 0 Å². The van der Waals surface area contributed by atoms with Gasteiger partial charge in [-0.1, -0.05) is 0 Å². The van der Waals surface area contributed by atoms with Crippen molar-refractivity contribution in [2.24, 2.45) is 4.99 Å². The van der Waals surface area contributed by atoms with E-state index in [0.29, 0.717) is 0 Å². The van der Waals surface area contributed by atoms with E-state index in [1.54, 1.807) is 0 Å². The molecule has 0 spiro atoms. The maximum absolute atomic E-state index is 5.12. The molecule has 0 bridgehead atoms. The molecule has 1 rings (SSSR count). The average Bonchev–Trinajstić information content (AvgIpc) is 1.82. The van der Waals surface area contributed by atoms with E-state index in [1.165, 1.54) is 0 Å². The summed E-state index contributed by atoms with van der Waals surface area (Å²) in [6.07, 6.45) is 0. The van der Waals surface area contributed by atoms with Crippen LogP contribution in [0, 0.1) is 0 Å². The molecular formula is C6H11NO. The quantitative estimate of drug-likeness (QED) is 0.462. The second-order valence-corrected chi connectivity index (χ2v) is 2.73. The molecule has 1 heterocycles. The molecule has 0 saturated carbocycles. The van der Waals surface area contributed by atoms with Crippen molar-refractivity contribution in [1.29, 1.82) is 0 Å². The fourth-order valence-corrected chi connectivity index (χ4v) is 0.772. The number of ether oxygens (including phenoxy) is 1. The largest absolute Gasteiger partial charge is 0.479 e. The second-order valence-electron chi connectivity index (χ2n) is 2.73. The zero-order valence-corrected chi connectivity index (χ0v) is 5.56. The lowest BCUT2D eigenvalue weighted by molar-refractivity contribution is 0.277. The Balaban J connectivity index is 2.67. The number of hydrogen-bond donors (Lipinski definition) is 0. The van der Waals surface area contributed by atoms with Gasteiger partial charge < -0.3 is 4.74 Å². The van der Waals surface area contributed by atoms with Gasteiger partial charge in [-0.05, 0) is 13.8 Å². The standard InChI is InChI=1S/C6H11NO/c1-5-7-6(2,3)4-8-5/h4H2,1-3H3. The van der Waals surface area contributed by atoms with Crippen molar-refractivity contribution in [2.75, 3.05) is 6.61 Å². The van der Waals surface area contributed by atoms with Crippen LogP contribution in [-0.4, -0.2) is 18.0 Å². The second kappa shape index (κ2) is 1.47. The third-order valence-electron chi connectivity index (χ3n) is 1.09. The van der Waals surface area contributed by atoms with Gasteiger partial charge in [-0.3, -0.25) is 0 Å². The first kappa shape index (κ1) is 5.60. The predicted molar refractivity (Wildman–Crippen MR) is 33.1 cm³/mol. The molecule has 0 radical (unpaired) electrons. The summed E-state index contributed by atoms with van der Waals surface area (Å²) in [4.78, 5) is 4.22. The molecular weight excluding hydrogens is 102 g/mol. The fourth-order valence-electron chi connectivity index (χ4n) is 0.772. The van der Waals surface area contributed by atoms with Gasteiger partial charge in [0.05, 0.1) is 5.54 Å². The van der Waals surface area contributed by atoms with Crippen molar-refractivity contribution in [2.45, 2.75) is 26.3 Å². The van der Waals surface area contributed by atoms with E-state index in [4.69, 9.17) is 4.74 Å². The van der Waals surface area contributed by atoms with Gasteiger partial charge in [0, 0.05) is 6.92 Å². The molecule has 1 aliphatic rings. The van der Waals surface area contributed by atoms with Crippen LogP contribution in [-0.2, 0) is 4.74 Å². The Bertz CT molecular complexity index is 126. The Labute approximate surface area is 49.6 Å². The zero-order valence-electron chi connectivity index (χ0n) is 5.56. The molecule has 0 atom stereocenters. The van der Waals surface area contributed by atoms with E-state index in [2.05, 4.69) is 18.8 Å². The van der Waals surface area contributed by atoms with E-state index < -0.39 is 0 Å². The first-order valence-electron chi connectivity index (χ1n) is 2.79. The highest BCUT2D eigenvalue weighted by Crippen LogP contribution is 2.15. The van der Waals surface area contributed by atoms with Gasteiger partial charge in [-0.15, -0.1) is 0 Å². The fraction of sp³-hybridized carbons (Fsp3) is 0.833. The van der Waals surface area contributed by atoms with Gasteiger partial charge in [-0.2, -0.15) is 0 Å². The molecule has 0 unspecified atom stereocenters. The molecule has 2 heteroatoms. The van der Waals surface area contributed by atoms with Crippen molar-refractivity contribution in [3.63, 3.8) is 0 Å². The number of rotatable bonds is 0. The maximum atomic E-state index is 5.12. The Kier molecular flexibility index (Phi) is 1.03. The summed E-state index contributed by atoms with van der Waals surface area (Å²) in [6.45, 7) is 6.74. The lowest BCUT2D eigenvalue weighted by Crippen LogP contribution is -2.17. The monoisotopic (exact) mass is 113 g/mol. The summed E-state index contributed by atoms with van der Waals surface area (Å²) in [5.74, 6) is 0.815. The van der Waals surface area contributed by atoms with Crippen LogP contribution < -0.4 is 0 Å². The van der Waals surface area contributed by atoms with Crippen LogP contribution >= 0.6 is 0 Å². The van der Waals surface area contributed by atoms with Crippen molar-refractivity contribution < 1.29 is 4.74 Å². The average molecular weight is 113 g/mol. The molecule has 0 fully saturated rings. The SMILES string of the molecule is CC1=NC(C)(C)CO1. The van der Waals surface area contributed by atoms with Crippen molar-refractivity contribution in [3.8, 4) is 0 Å². The van der Waals surface area contributed by atoms with Crippen LogP contribution in [0.25, 0.3) is 0 Å². The van der Waals surface area contributed by atoms with Crippen LogP contribution in [0.1, 0.15) is 20.8 Å². The van der Waals surface area contributed by atoms with Crippen molar-refractivity contribution in [1.82, 2.24) is 0 Å². The minimum atomic E-state index is 0.0318. The van der Waals surface area contributed by atoms with Crippen LogP contribution in [0.5, 0.6) is 0 Å². The van der Waals surface area contributed by atoms with Gasteiger partial charge in [0.2, 0.25) is 0 Å². The molecule has 0 aliphatic carbocycles. The highest BCUT2D eigenvalue weighted by molar-refractivity contribution is 5.75. The molecule has 0 saturated heterocycles. The smallest absolute Gasteiger partial charge is 0.180 e. The lowest BCUT2D eigenvalue weighted by Gasteiger charge is -2.07. The Morgan fingerprint density at radius 3 is 2.38 bits per heavy atom. The van der Waals surface area contributed by atoms with Crippen molar-refractivity contribution >= 4 is 5.90 Å². The highest BCUT2D eigenvalue weighted by atomic mass is 16.5. The summed E-state index contributed by atoms with van der Waals surface area (Å²) >= 11 is 0. The number of nitrogens with zero attached hydrogens (tertiary/aromatic N) is 1. The molecule has 0 aromatic heterocycles. The van der Waals surface area contributed by atoms with Gasteiger partial charge in [0.1, 0.15) is 6.61 Å². The molecule has 0 amide bonds. The molecule has 46 valence electrons. The summed E-state index contributed by atoms with van der Waals surface area (Å²) in [5, 5.41) is 0. The number of hydrogen-bond acceptors (Lipinski definition) is 2. The minimum absolute atomic E-state index is 0.0318. The Morgan fingerprint density at radius 2 is 2.25 bits per heavy atom. The van der Waals surface area contributed by atoms with E-state index in [0.717, 1.165) is 12.5 Å². The summed E-state index contributed by atoms with van der Waals surface area (Å²) in [5.41, 5.74) is 0.0318. The topological polar surface area (TPSA) is 21.6 Å². The molecule has 2 nitrogen and oxygen atoms in total. The van der Waals surface area contributed by atoms with E-state index >= 15 is 0 Å². The molecule has 0 aromatic rings. The summed E-state index contributed by atoms with van der Waals surface area (Å²) < 4.78 is 5.12. The van der Waals surface area contributed by atoms with Crippen LogP contribution in [0.2, 0.25) is 0 Å². The zero-order chi connectivity index (χ0) is 6.20. The van der Waals surface area contributed by atoms with Crippen LogP contribution in [0.15, 0.2) is 4.99 Å². The lowest BCUT2D eigenvalue weighted by atomic mass is 10.1.